The van der Waals surface area contributed by atoms with E-state index in [9.17, 15) is 8.42 Å². The molecule has 0 radical (unpaired) electrons. The van der Waals surface area contributed by atoms with Crippen molar-refractivity contribution in [1.29, 1.82) is 0 Å². The fraction of sp³-hybridized carbons (Fsp3) is 0.538. The van der Waals surface area contributed by atoms with E-state index in [1.54, 1.807) is 10.9 Å². The lowest BCUT2D eigenvalue weighted by Crippen LogP contribution is -2.18. The molecule has 1 aliphatic heterocycles. The number of rotatable bonds is 5. The molecule has 0 N–H and O–H groups in total. The van der Waals surface area contributed by atoms with E-state index in [0.717, 1.165) is 17.0 Å². The van der Waals surface area contributed by atoms with Crippen LogP contribution in [0.15, 0.2) is 17.8 Å². The fourth-order valence-electron chi connectivity index (χ4n) is 2.40. The van der Waals surface area contributed by atoms with Gasteiger partial charge in [-0.25, -0.2) is 13.4 Å². The molecular formula is C13H17N3O3S2. The van der Waals surface area contributed by atoms with Crippen LogP contribution in [0.2, 0.25) is 0 Å². The van der Waals surface area contributed by atoms with E-state index in [1.165, 1.54) is 11.3 Å². The van der Waals surface area contributed by atoms with Gasteiger partial charge in [-0.1, -0.05) is 0 Å². The second kappa shape index (κ2) is 5.86. The van der Waals surface area contributed by atoms with Crippen LogP contribution >= 0.6 is 11.3 Å². The summed E-state index contributed by atoms with van der Waals surface area (Å²) in [7, 11) is -1.30. The monoisotopic (exact) mass is 327 g/mol. The highest BCUT2D eigenvalue weighted by atomic mass is 32.2. The highest BCUT2D eigenvalue weighted by Crippen LogP contribution is 2.24. The second-order valence-corrected chi connectivity index (χ2v) is 8.30. The van der Waals surface area contributed by atoms with E-state index in [4.69, 9.17) is 4.74 Å². The second-order valence-electron chi connectivity index (χ2n) is 5.33. The number of aromatic nitrogens is 3. The molecule has 8 heteroatoms. The van der Waals surface area contributed by atoms with Crippen LogP contribution in [-0.2, 0) is 27.4 Å². The zero-order chi connectivity index (χ0) is 14.9. The Morgan fingerprint density at radius 3 is 3.05 bits per heavy atom. The van der Waals surface area contributed by atoms with E-state index in [0.29, 0.717) is 18.9 Å². The third-order valence-electron chi connectivity index (χ3n) is 3.38. The maximum Gasteiger partial charge on any atom is 0.156 e. The minimum atomic E-state index is -3.14. The van der Waals surface area contributed by atoms with Crippen molar-refractivity contribution in [2.45, 2.75) is 12.2 Å². The zero-order valence-corrected chi connectivity index (χ0v) is 13.4. The Hall–Kier alpha value is -1.25. The minimum absolute atomic E-state index is 0.000260. The first kappa shape index (κ1) is 14.7. The zero-order valence-electron chi connectivity index (χ0n) is 11.7. The van der Waals surface area contributed by atoms with Gasteiger partial charge in [0.2, 0.25) is 0 Å². The molecule has 1 aliphatic rings. The first-order chi connectivity index (χ1) is 10.0. The van der Waals surface area contributed by atoms with Crippen molar-refractivity contribution in [3.05, 3.63) is 23.5 Å². The SMILES string of the molecule is Cn1cc(-c2nc(CS(=O)(=O)CC3CCOC3)cs2)cn1. The molecule has 1 fully saturated rings. The molecule has 0 saturated carbocycles. The Labute approximate surface area is 127 Å². The molecule has 1 atom stereocenters. The average molecular weight is 327 g/mol. The molecule has 3 heterocycles. The van der Waals surface area contributed by atoms with Crippen molar-refractivity contribution in [2.24, 2.45) is 13.0 Å². The lowest BCUT2D eigenvalue weighted by atomic mass is 10.2. The number of ether oxygens (including phenoxy) is 1. The Morgan fingerprint density at radius 2 is 2.38 bits per heavy atom. The van der Waals surface area contributed by atoms with Crippen molar-refractivity contribution in [3.8, 4) is 10.6 Å². The summed E-state index contributed by atoms with van der Waals surface area (Å²) >= 11 is 1.45. The maximum atomic E-state index is 12.2. The molecule has 0 spiro atoms. The molecule has 2 aromatic rings. The van der Waals surface area contributed by atoms with Gasteiger partial charge in [0, 0.05) is 30.8 Å². The highest BCUT2D eigenvalue weighted by Gasteiger charge is 2.24. The van der Waals surface area contributed by atoms with Crippen LogP contribution in [0.25, 0.3) is 10.6 Å². The van der Waals surface area contributed by atoms with Crippen LogP contribution in [0.3, 0.4) is 0 Å². The highest BCUT2D eigenvalue weighted by molar-refractivity contribution is 7.90. The summed E-state index contributed by atoms with van der Waals surface area (Å²) in [4.78, 5) is 4.41. The van der Waals surface area contributed by atoms with Crippen molar-refractivity contribution >= 4 is 21.2 Å². The van der Waals surface area contributed by atoms with Crippen molar-refractivity contribution in [3.63, 3.8) is 0 Å². The smallest absolute Gasteiger partial charge is 0.156 e. The Morgan fingerprint density at radius 1 is 1.52 bits per heavy atom. The lowest BCUT2D eigenvalue weighted by Gasteiger charge is -2.07. The van der Waals surface area contributed by atoms with Crippen LogP contribution in [-0.4, -0.2) is 42.1 Å². The molecular weight excluding hydrogens is 310 g/mol. The van der Waals surface area contributed by atoms with Gasteiger partial charge in [0.1, 0.15) is 5.01 Å². The van der Waals surface area contributed by atoms with Crippen LogP contribution in [0.4, 0.5) is 0 Å². The average Bonchev–Trinajstić information content (AvgIpc) is 3.10. The van der Waals surface area contributed by atoms with E-state index >= 15 is 0 Å². The molecule has 0 aromatic carbocycles. The number of hydrogen-bond acceptors (Lipinski definition) is 6. The first-order valence-electron chi connectivity index (χ1n) is 6.73. The summed E-state index contributed by atoms with van der Waals surface area (Å²) in [5.41, 5.74) is 1.52. The van der Waals surface area contributed by atoms with Crippen LogP contribution in [0.1, 0.15) is 12.1 Å². The quantitative estimate of drug-likeness (QED) is 0.832. The number of nitrogens with zero attached hydrogens (tertiary/aromatic N) is 3. The summed E-state index contributed by atoms with van der Waals surface area (Å²) < 4.78 is 31.3. The molecule has 21 heavy (non-hydrogen) atoms. The van der Waals surface area contributed by atoms with Gasteiger partial charge in [0.25, 0.3) is 0 Å². The molecule has 1 unspecified atom stereocenters. The Bertz CT molecular complexity index is 715. The van der Waals surface area contributed by atoms with E-state index < -0.39 is 9.84 Å². The minimum Gasteiger partial charge on any atom is -0.381 e. The van der Waals surface area contributed by atoms with Gasteiger partial charge in [-0.2, -0.15) is 5.10 Å². The third kappa shape index (κ3) is 3.69. The van der Waals surface area contributed by atoms with Crippen molar-refractivity contribution in [2.75, 3.05) is 19.0 Å². The molecule has 6 nitrogen and oxygen atoms in total. The van der Waals surface area contributed by atoms with Gasteiger partial charge in [-0.15, -0.1) is 11.3 Å². The molecule has 3 rings (SSSR count). The molecule has 0 bridgehead atoms. The summed E-state index contributed by atoms with van der Waals surface area (Å²) in [6.45, 7) is 1.22. The predicted molar refractivity (Wildman–Crippen MR) is 80.7 cm³/mol. The summed E-state index contributed by atoms with van der Waals surface area (Å²) in [5, 5.41) is 6.71. The van der Waals surface area contributed by atoms with Gasteiger partial charge in [0.05, 0.1) is 30.0 Å². The third-order valence-corrected chi connectivity index (χ3v) is 6.04. The number of thiazole rings is 1. The first-order valence-corrected chi connectivity index (χ1v) is 9.43. The predicted octanol–water partition coefficient (Wildman–Crippen LogP) is 1.49. The van der Waals surface area contributed by atoms with Gasteiger partial charge < -0.3 is 4.74 Å². The fourth-order valence-corrected chi connectivity index (χ4v) is 4.99. The van der Waals surface area contributed by atoms with Gasteiger partial charge in [-0.05, 0) is 12.3 Å². The van der Waals surface area contributed by atoms with Gasteiger partial charge in [-0.3, -0.25) is 4.68 Å². The molecule has 1 saturated heterocycles. The maximum absolute atomic E-state index is 12.2. The Balaban J connectivity index is 1.68. The largest absolute Gasteiger partial charge is 0.381 e. The number of aryl methyl sites for hydroxylation is 1. The van der Waals surface area contributed by atoms with E-state index in [1.807, 2.05) is 18.6 Å². The lowest BCUT2D eigenvalue weighted by molar-refractivity contribution is 0.188. The normalized spacial score (nSPS) is 19.2. The summed E-state index contributed by atoms with van der Waals surface area (Å²) in [5.74, 6) is 0.318. The van der Waals surface area contributed by atoms with Gasteiger partial charge in [0.15, 0.2) is 9.84 Å². The van der Waals surface area contributed by atoms with Crippen LogP contribution in [0, 0.1) is 5.92 Å². The molecule has 0 aliphatic carbocycles. The molecule has 0 amide bonds. The van der Waals surface area contributed by atoms with Crippen molar-refractivity contribution in [1.82, 2.24) is 14.8 Å². The molecule has 114 valence electrons. The number of sulfone groups is 1. The van der Waals surface area contributed by atoms with Crippen LogP contribution < -0.4 is 0 Å². The number of hydrogen-bond donors (Lipinski definition) is 0. The van der Waals surface area contributed by atoms with E-state index in [-0.39, 0.29) is 17.4 Å². The molecule has 2 aromatic heterocycles. The Kier molecular flexibility index (Phi) is 4.10. The van der Waals surface area contributed by atoms with Gasteiger partial charge >= 0.3 is 0 Å². The standard InChI is InChI=1S/C13H17N3O3S2/c1-16-5-11(4-14-16)13-15-12(7-20-13)9-21(17,18)8-10-2-3-19-6-10/h4-5,7,10H,2-3,6,8-9H2,1H3. The van der Waals surface area contributed by atoms with Crippen molar-refractivity contribution < 1.29 is 13.2 Å². The summed E-state index contributed by atoms with van der Waals surface area (Å²) in [6, 6.07) is 0. The van der Waals surface area contributed by atoms with Crippen LogP contribution in [0.5, 0.6) is 0 Å². The van der Waals surface area contributed by atoms with E-state index in [2.05, 4.69) is 10.1 Å². The topological polar surface area (TPSA) is 74.1 Å². The summed E-state index contributed by atoms with van der Waals surface area (Å²) in [6.07, 6.45) is 4.43.